The minimum absolute atomic E-state index is 0.219. The molecular formula is C14H24N4O5. The number of carbonyl (C=O) groups is 2. The van der Waals surface area contributed by atoms with Crippen LogP contribution in [0.15, 0.2) is 12.5 Å². The van der Waals surface area contributed by atoms with E-state index in [4.69, 9.17) is 14.2 Å². The van der Waals surface area contributed by atoms with Crippen molar-refractivity contribution in [2.45, 2.75) is 13.3 Å². The molecule has 0 bridgehead atoms. The van der Waals surface area contributed by atoms with E-state index in [9.17, 15) is 9.59 Å². The maximum Gasteiger partial charge on any atom is 0.407 e. The number of alkyl carbamates (subject to hydrolysis) is 1. The van der Waals surface area contributed by atoms with Gasteiger partial charge in [-0.15, -0.1) is 0 Å². The van der Waals surface area contributed by atoms with Gasteiger partial charge in [0.05, 0.1) is 45.6 Å². The third-order valence-electron chi connectivity index (χ3n) is 2.60. The van der Waals surface area contributed by atoms with Crippen LogP contribution in [0.3, 0.4) is 0 Å². The zero-order chi connectivity index (χ0) is 16.8. The van der Waals surface area contributed by atoms with E-state index in [1.165, 1.54) is 12.5 Å². The highest BCUT2D eigenvalue weighted by atomic mass is 16.5. The summed E-state index contributed by atoms with van der Waals surface area (Å²) in [7, 11) is 0. The first kappa shape index (κ1) is 18.9. The molecule has 0 aliphatic rings. The van der Waals surface area contributed by atoms with E-state index in [1.54, 1.807) is 0 Å². The molecule has 9 heteroatoms. The Morgan fingerprint density at radius 3 is 2.39 bits per heavy atom. The van der Waals surface area contributed by atoms with E-state index in [2.05, 4.69) is 20.6 Å². The average Bonchev–Trinajstić information content (AvgIpc) is 3.09. The fourth-order valence-electron chi connectivity index (χ4n) is 1.51. The topological polar surface area (TPSA) is 115 Å². The molecule has 2 amide bonds. The van der Waals surface area contributed by atoms with Gasteiger partial charge in [-0.3, -0.25) is 4.79 Å². The molecule has 1 heterocycles. The summed E-state index contributed by atoms with van der Waals surface area (Å²) in [6.07, 6.45) is 3.26. The summed E-state index contributed by atoms with van der Waals surface area (Å²) in [4.78, 5) is 29.1. The molecule has 0 aliphatic heterocycles. The van der Waals surface area contributed by atoms with Gasteiger partial charge in [0.15, 0.2) is 0 Å². The Labute approximate surface area is 135 Å². The molecule has 0 saturated carbocycles. The van der Waals surface area contributed by atoms with Gasteiger partial charge >= 0.3 is 6.09 Å². The monoisotopic (exact) mass is 328 g/mol. The van der Waals surface area contributed by atoms with E-state index in [-0.39, 0.29) is 5.91 Å². The number of nitrogens with one attached hydrogen (secondary N) is 3. The number of hydrogen-bond acceptors (Lipinski definition) is 6. The van der Waals surface area contributed by atoms with Crippen LogP contribution in [-0.4, -0.2) is 68.1 Å². The van der Waals surface area contributed by atoms with Crippen LogP contribution in [0.4, 0.5) is 4.79 Å². The summed E-state index contributed by atoms with van der Waals surface area (Å²) < 4.78 is 15.4. The largest absolute Gasteiger partial charge is 0.450 e. The molecule has 9 nitrogen and oxygen atoms in total. The lowest BCUT2D eigenvalue weighted by atomic mass is 10.4. The maximum absolute atomic E-state index is 11.5. The number of rotatable bonds is 12. The van der Waals surface area contributed by atoms with Gasteiger partial charge in [0, 0.05) is 13.1 Å². The van der Waals surface area contributed by atoms with Crippen molar-refractivity contribution in [1.82, 2.24) is 20.6 Å². The van der Waals surface area contributed by atoms with Crippen molar-refractivity contribution in [1.29, 1.82) is 0 Å². The number of hydrogen-bond donors (Lipinski definition) is 3. The second kappa shape index (κ2) is 12.4. The van der Waals surface area contributed by atoms with Gasteiger partial charge in [0.25, 0.3) is 5.91 Å². The lowest BCUT2D eigenvalue weighted by molar-refractivity contribution is 0.0487. The summed E-state index contributed by atoms with van der Waals surface area (Å²) in [5.74, 6) is -0.219. The third kappa shape index (κ3) is 9.48. The fourth-order valence-corrected chi connectivity index (χ4v) is 1.51. The smallest absolute Gasteiger partial charge is 0.407 e. The van der Waals surface area contributed by atoms with Crippen LogP contribution in [0, 0.1) is 0 Å². The number of H-pyrrole nitrogens is 1. The van der Waals surface area contributed by atoms with Gasteiger partial charge < -0.3 is 29.8 Å². The molecule has 0 aliphatic carbocycles. The Morgan fingerprint density at radius 1 is 1.09 bits per heavy atom. The zero-order valence-corrected chi connectivity index (χ0v) is 13.3. The Morgan fingerprint density at radius 2 is 1.78 bits per heavy atom. The normalized spacial score (nSPS) is 10.3. The van der Waals surface area contributed by atoms with Crippen LogP contribution in [-0.2, 0) is 14.2 Å². The highest BCUT2D eigenvalue weighted by Gasteiger charge is 2.04. The van der Waals surface area contributed by atoms with Crippen molar-refractivity contribution in [3.8, 4) is 0 Å². The van der Waals surface area contributed by atoms with Crippen LogP contribution in [0.2, 0.25) is 0 Å². The summed E-state index contributed by atoms with van der Waals surface area (Å²) in [5, 5.41) is 5.26. The van der Waals surface area contributed by atoms with Crippen LogP contribution < -0.4 is 10.6 Å². The molecule has 23 heavy (non-hydrogen) atoms. The molecule has 1 aromatic rings. The van der Waals surface area contributed by atoms with Crippen LogP contribution in [0.25, 0.3) is 0 Å². The zero-order valence-electron chi connectivity index (χ0n) is 13.3. The Hall–Kier alpha value is -2.13. The SMILES string of the molecule is CCCOC(=O)NCCOCCOCCNC(=O)c1cnc[nH]1. The van der Waals surface area contributed by atoms with Crippen molar-refractivity contribution in [3.63, 3.8) is 0 Å². The van der Waals surface area contributed by atoms with E-state index < -0.39 is 6.09 Å². The maximum atomic E-state index is 11.5. The van der Waals surface area contributed by atoms with Crippen molar-refractivity contribution < 1.29 is 23.8 Å². The lowest BCUT2D eigenvalue weighted by Gasteiger charge is -2.08. The number of ether oxygens (including phenoxy) is 3. The molecular weight excluding hydrogens is 304 g/mol. The lowest BCUT2D eigenvalue weighted by Crippen LogP contribution is -2.29. The van der Waals surface area contributed by atoms with Gasteiger partial charge in [-0.25, -0.2) is 9.78 Å². The minimum atomic E-state index is -0.431. The second-order valence-electron chi connectivity index (χ2n) is 4.51. The first-order valence-electron chi connectivity index (χ1n) is 7.56. The fraction of sp³-hybridized carbons (Fsp3) is 0.643. The highest BCUT2D eigenvalue weighted by Crippen LogP contribution is 1.89. The predicted molar refractivity (Wildman–Crippen MR) is 82.2 cm³/mol. The molecule has 0 fully saturated rings. The molecule has 1 aromatic heterocycles. The summed E-state index contributed by atoms with van der Waals surface area (Å²) in [6, 6.07) is 0. The molecule has 0 spiro atoms. The van der Waals surface area contributed by atoms with Gasteiger partial charge in [-0.2, -0.15) is 0 Å². The van der Waals surface area contributed by atoms with E-state index >= 15 is 0 Å². The summed E-state index contributed by atoms with van der Waals surface area (Å²) in [6.45, 7) is 4.76. The van der Waals surface area contributed by atoms with Crippen LogP contribution in [0.1, 0.15) is 23.8 Å². The molecule has 0 radical (unpaired) electrons. The number of carbonyl (C=O) groups excluding carboxylic acids is 2. The van der Waals surface area contributed by atoms with Crippen LogP contribution in [0.5, 0.6) is 0 Å². The van der Waals surface area contributed by atoms with E-state index in [1.807, 2.05) is 6.92 Å². The summed E-state index contributed by atoms with van der Waals surface area (Å²) in [5.41, 5.74) is 0.415. The number of nitrogens with zero attached hydrogens (tertiary/aromatic N) is 1. The number of aromatic nitrogens is 2. The number of amides is 2. The summed E-state index contributed by atoms with van der Waals surface area (Å²) >= 11 is 0. The van der Waals surface area contributed by atoms with Gasteiger partial charge in [0.1, 0.15) is 5.69 Å². The molecule has 0 unspecified atom stereocenters. The molecule has 0 atom stereocenters. The van der Waals surface area contributed by atoms with Crippen molar-refractivity contribution in [3.05, 3.63) is 18.2 Å². The van der Waals surface area contributed by atoms with Crippen molar-refractivity contribution in [2.24, 2.45) is 0 Å². The molecule has 0 saturated heterocycles. The Balaban J connectivity index is 1.83. The first-order valence-corrected chi connectivity index (χ1v) is 7.56. The second-order valence-corrected chi connectivity index (χ2v) is 4.51. The average molecular weight is 328 g/mol. The van der Waals surface area contributed by atoms with Crippen molar-refractivity contribution >= 4 is 12.0 Å². The minimum Gasteiger partial charge on any atom is -0.450 e. The van der Waals surface area contributed by atoms with E-state index in [0.29, 0.717) is 51.8 Å². The number of imidazole rings is 1. The Kier molecular flexibility index (Phi) is 10.2. The molecule has 3 N–H and O–H groups in total. The first-order chi connectivity index (χ1) is 11.2. The standard InChI is InChI=1S/C14H24N4O5/c1-2-5-23-14(20)17-4-7-22-9-8-21-6-3-16-13(19)12-10-15-11-18-12/h10-11H,2-9H2,1H3,(H,15,18)(H,16,19)(H,17,20). The third-order valence-corrected chi connectivity index (χ3v) is 2.60. The molecule has 130 valence electrons. The van der Waals surface area contributed by atoms with Gasteiger partial charge in [-0.1, -0.05) is 6.92 Å². The van der Waals surface area contributed by atoms with Gasteiger partial charge in [0.2, 0.25) is 0 Å². The highest BCUT2D eigenvalue weighted by molar-refractivity contribution is 5.91. The molecule has 1 rings (SSSR count). The van der Waals surface area contributed by atoms with E-state index in [0.717, 1.165) is 6.42 Å². The number of aromatic amines is 1. The van der Waals surface area contributed by atoms with Crippen LogP contribution >= 0.6 is 0 Å². The van der Waals surface area contributed by atoms with Gasteiger partial charge in [-0.05, 0) is 6.42 Å². The quantitative estimate of drug-likeness (QED) is 0.476. The molecule has 0 aromatic carbocycles. The van der Waals surface area contributed by atoms with Crippen molar-refractivity contribution in [2.75, 3.05) is 46.1 Å². The Bertz CT molecular complexity index is 438. The predicted octanol–water partition coefficient (Wildman–Crippen LogP) is 0.309.